The highest BCUT2D eigenvalue weighted by Crippen LogP contribution is 2.32. The number of halogens is 3. The van der Waals surface area contributed by atoms with Crippen molar-refractivity contribution in [1.82, 2.24) is 20.2 Å². The molecule has 0 bridgehead atoms. The van der Waals surface area contributed by atoms with Crippen LogP contribution in [0.4, 0.5) is 14.6 Å². The molecule has 8 heteroatoms. The van der Waals surface area contributed by atoms with E-state index in [-0.39, 0.29) is 13.0 Å². The minimum absolute atomic E-state index is 0.0554. The van der Waals surface area contributed by atoms with Gasteiger partial charge in [0.25, 0.3) is 5.92 Å². The minimum atomic E-state index is -2.65. The molecule has 1 aliphatic heterocycles. The molecule has 0 radical (unpaired) electrons. The first-order valence-corrected chi connectivity index (χ1v) is 6.62. The molecule has 0 unspecified atom stereocenters. The Labute approximate surface area is 115 Å². The number of fused-ring (bicyclic) bond motifs is 1. The summed E-state index contributed by atoms with van der Waals surface area (Å²) in [5.74, 6) is -2.11. The van der Waals surface area contributed by atoms with Crippen LogP contribution in [-0.4, -0.2) is 39.2 Å². The predicted molar refractivity (Wildman–Crippen MR) is 70.8 cm³/mol. The molecule has 0 aliphatic carbocycles. The Balaban J connectivity index is 2.06. The topological polar surface area (TPSA) is 57.7 Å². The average Bonchev–Trinajstić information content (AvgIpc) is 2.70. The van der Waals surface area contributed by atoms with Crippen LogP contribution >= 0.6 is 22.6 Å². The second kappa shape index (κ2) is 4.25. The van der Waals surface area contributed by atoms with Gasteiger partial charge in [0, 0.05) is 13.0 Å². The molecule has 0 atom stereocenters. The fraction of sp³-hybridized carbons (Fsp3) is 0.500. The van der Waals surface area contributed by atoms with Crippen LogP contribution in [0.5, 0.6) is 0 Å². The number of rotatable bonds is 1. The molecule has 0 spiro atoms. The quantitative estimate of drug-likeness (QED) is 0.788. The molecule has 2 aromatic rings. The van der Waals surface area contributed by atoms with Gasteiger partial charge in [-0.1, -0.05) is 0 Å². The highest BCUT2D eigenvalue weighted by atomic mass is 127. The zero-order chi connectivity index (χ0) is 12.8. The predicted octanol–water partition coefficient (Wildman–Crippen LogP) is 2.19. The largest absolute Gasteiger partial charge is 0.350 e. The molecule has 1 saturated heterocycles. The van der Waals surface area contributed by atoms with E-state index in [0.717, 1.165) is 9.09 Å². The van der Waals surface area contributed by atoms with Crippen molar-refractivity contribution in [3.8, 4) is 0 Å². The molecule has 0 saturated carbocycles. The molecule has 18 heavy (non-hydrogen) atoms. The number of nitrogens with zero attached hydrogens (tertiary/aromatic N) is 4. The van der Waals surface area contributed by atoms with Crippen molar-refractivity contribution in [2.45, 2.75) is 18.8 Å². The van der Waals surface area contributed by atoms with Crippen LogP contribution in [0.25, 0.3) is 11.0 Å². The van der Waals surface area contributed by atoms with Gasteiger partial charge in [0.2, 0.25) is 0 Å². The summed E-state index contributed by atoms with van der Waals surface area (Å²) >= 11 is 2.07. The fourth-order valence-electron chi connectivity index (χ4n) is 2.19. The molecule has 5 nitrogen and oxygen atoms in total. The lowest BCUT2D eigenvalue weighted by atomic mass is 10.1. The lowest BCUT2D eigenvalue weighted by Crippen LogP contribution is -2.43. The number of aromatic nitrogens is 4. The Bertz CT molecular complexity index is 585. The lowest BCUT2D eigenvalue weighted by molar-refractivity contribution is -0.0117. The van der Waals surface area contributed by atoms with Gasteiger partial charge in [-0.25, -0.2) is 18.7 Å². The van der Waals surface area contributed by atoms with Gasteiger partial charge in [-0.05, 0) is 29.0 Å². The van der Waals surface area contributed by atoms with E-state index in [4.69, 9.17) is 0 Å². The first kappa shape index (κ1) is 12.0. The highest BCUT2D eigenvalue weighted by Gasteiger charge is 2.36. The second-order valence-corrected chi connectivity index (χ2v) is 5.39. The summed E-state index contributed by atoms with van der Waals surface area (Å²) in [6.45, 7) is 0.295. The molecule has 0 aromatic carbocycles. The van der Waals surface area contributed by atoms with E-state index in [1.807, 2.05) is 0 Å². The van der Waals surface area contributed by atoms with Crippen molar-refractivity contribution in [3.05, 3.63) is 10.0 Å². The van der Waals surface area contributed by atoms with Crippen LogP contribution in [0.2, 0.25) is 0 Å². The maximum absolute atomic E-state index is 13.5. The summed E-state index contributed by atoms with van der Waals surface area (Å²) in [6.07, 6.45) is 1.77. The Morgan fingerprint density at radius 1 is 1.39 bits per heavy atom. The molecule has 0 amide bonds. The van der Waals surface area contributed by atoms with Crippen molar-refractivity contribution >= 4 is 39.4 Å². The van der Waals surface area contributed by atoms with E-state index < -0.39 is 5.92 Å². The first-order valence-electron chi connectivity index (χ1n) is 5.54. The highest BCUT2D eigenvalue weighted by molar-refractivity contribution is 14.1. The number of hydrogen-bond acceptors (Lipinski definition) is 4. The molecule has 1 fully saturated rings. The Hall–Kier alpha value is -1.06. The van der Waals surface area contributed by atoms with Crippen LogP contribution in [0, 0.1) is 3.70 Å². The van der Waals surface area contributed by atoms with Crippen LogP contribution in [0.3, 0.4) is 0 Å². The molecule has 3 heterocycles. The van der Waals surface area contributed by atoms with Gasteiger partial charge < -0.3 is 4.90 Å². The van der Waals surface area contributed by atoms with E-state index in [9.17, 15) is 8.78 Å². The normalized spacial score (nSPS) is 19.4. The zero-order valence-electron chi connectivity index (χ0n) is 9.33. The Morgan fingerprint density at radius 3 is 3.00 bits per heavy atom. The molecule has 3 rings (SSSR count). The number of alkyl halides is 2. The van der Waals surface area contributed by atoms with Gasteiger partial charge in [-0.15, -0.1) is 0 Å². The Morgan fingerprint density at radius 2 is 2.22 bits per heavy atom. The Kier molecular flexibility index (Phi) is 2.83. The van der Waals surface area contributed by atoms with Gasteiger partial charge in [0.1, 0.15) is 15.8 Å². The summed E-state index contributed by atoms with van der Waals surface area (Å²) in [5, 5.41) is 7.53. The third-order valence-electron chi connectivity index (χ3n) is 2.98. The van der Waals surface area contributed by atoms with E-state index in [2.05, 4.69) is 42.8 Å². The van der Waals surface area contributed by atoms with Crippen molar-refractivity contribution in [2.75, 3.05) is 18.0 Å². The van der Waals surface area contributed by atoms with Crippen LogP contribution in [0.15, 0.2) is 6.33 Å². The zero-order valence-corrected chi connectivity index (χ0v) is 11.5. The maximum Gasteiger partial charge on any atom is 0.265 e. The molecule has 1 aliphatic rings. The smallest absolute Gasteiger partial charge is 0.265 e. The van der Waals surface area contributed by atoms with Gasteiger partial charge >= 0.3 is 0 Å². The van der Waals surface area contributed by atoms with Crippen molar-refractivity contribution in [1.29, 1.82) is 0 Å². The van der Waals surface area contributed by atoms with Crippen molar-refractivity contribution in [3.63, 3.8) is 0 Å². The average molecular weight is 365 g/mol. The minimum Gasteiger partial charge on any atom is -0.350 e. The molecule has 1 N–H and O–H groups in total. The number of hydrogen-bond donors (Lipinski definition) is 1. The van der Waals surface area contributed by atoms with Crippen LogP contribution in [0.1, 0.15) is 12.8 Å². The summed E-state index contributed by atoms with van der Waals surface area (Å²) < 4.78 is 27.7. The number of aromatic amines is 1. The molecule has 96 valence electrons. The number of anilines is 1. The van der Waals surface area contributed by atoms with Gasteiger partial charge in [-0.2, -0.15) is 5.10 Å². The van der Waals surface area contributed by atoms with Crippen molar-refractivity contribution < 1.29 is 8.78 Å². The number of H-pyrrole nitrogens is 1. The summed E-state index contributed by atoms with van der Waals surface area (Å²) in [7, 11) is 0. The fourth-order valence-corrected chi connectivity index (χ4v) is 2.80. The van der Waals surface area contributed by atoms with Gasteiger partial charge in [0.05, 0.1) is 11.9 Å². The van der Waals surface area contributed by atoms with E-state index in [1.165, 1.54) is 6.33 Å². The first-order chi connectivity index (χ1) is 8.57. The standard InChI is InChI=1S/C10H10F2IN5/c11-10(12)2-1-3-18(4-10)9-6-7(13)16-17-8(6)14-5-15-9/h5H,1-4H2,(H,14,15,16,17). The van der Waals surface area contributed by atoms with Crippen molar-refractivity contribution in [2.24, 2.45) is 0 Å². The third-order valence-corrected chi connectivity index (χ3v) is 3.76. The molecule has 2 aromatic heterocycles. The summed E-state index contributed by atoms with van der Waals surface area (Å²) in [4.78, 5) is 9.78. The van der Waals surface area contributed by atoms with Crippen LogP contribution < -0.4 is 4.90 Å². The number of piperidine rings is 1. The SMILES string of the molecule is FC1(F)CCCN(c2ncnc3n[nH]c(I)c23)C1. The van der Waals surface area contributed by atoms with Gasteiger partial charge in [0.15, 0.2) is 5.65 Å². The second-order valence-electron chi connectivity index (χ2n) is 4.31. The lowest BCUT2D eigenvalue weighted by Gasteiger charge is -2.33. The summed E-state index contributed by atoms with van der Waals surface area (Å²) in [5.41, 5.74) is 0.512. The van der Waals surface area contributed by atoms with Crippen LogP contribution in [-0.2, 0) is 0 Å². The van der Waals surface area contributed by atoms with E-state index >= 15 is 0 Å². The number of nitrogens with one attached hydrogen (secondary N) is 1. The van der Waals surface area contributed by atoms with Gasteiger partial charge in [-0.3, -0.25) is 5.10 Å². The third kappa shape index (κ3) is 2.02. The van der Waals surface area contributed by atoms with E-state index in [0.29, 0.717) is 24.4 Å². The maximum atomic E-state index is 13.5. The van der Waals surface area contributed by atoms with E-state index in [1.54, 1.807) is 4.90 Å². The monoisotopic (exact) mass is 365 g/mol. The summed E-state index contributed by atoms with van der Waals surface area (Å²) in [6, 6.07) is 0. The molecular weight excluding hydrogens is 355 g/mol. The molecular formula is C10H10F2IN5.